The first-order valence-corrected chi connectivity index (χ1v) is 12.0. The Balaban J connectivity index is 1.41. The normalized spacial score (nSPS) is 14.6. The minimum atomic E-state index is -0.258. The fraction of sp³-hybridized carbons (Fsp3) is 0.0800. The molecule has 2 amide bonds. The summed E-state index contributed by atoms with van der Waals surface area (Å²) in [6, 6.07) is 22.1. The average molecular weight is 539 g/mol. The molecule has 0 atom stereocenters. The van der Waals surface area contributed by atoms with E-state index >= 15 is 0 Å². The Morgan fingerprint density at radius 2 is 1.91 bits per heavy atom. The lowest BCUT2D eigenvalue weighted by molar-refractivity contribution is -0.118. The lowest BCUT2D eigenvalue weighted by Gasteiger charge is -2.13. The van der Waals surface area contributed by atoms with Crippen molar-refractivity contribution in [3.05, 3.63) is 93.3 Å². The number of para-hydroxylation sites is 1. The molecule has 3 aromatic carbocycles. The third-order valence-corrected chi connectivity index (χ3v) is 6.97. The van der Waals surface area contributed by atoms with E-state index in [0.29, 0.717) is 20.7 Å². The summed E-state index contributed by atoms with van der Waals surface area (Å²) in [4.78, 5) is 27.2. The topological polar surface area (TPSA) is 58.6 Å². The molecular formula is C25H19BrN2O3S2. The Morgan fingerprint density at radius 1 is 1.12 bits per heavy atom. The molecule has 4 rings (SSSR count). The lowest BCUT2D eigenvalue weighted by Crippen LogP contribution is -2.27. The van der Waals surface area contributed by atoms with Crippen LogP contribution >= 0.6 is 39.9 Å². The van der Waals surface area contributed by atoms with Crippen LogP contribution in [0.5, 0.6) is 5.75 Å². The number of benzene rings is 3. The van der Waals surface area contributed by atoms with Crippen LogP contribution in [0.25, 0.3) is 6.08 Å². The second-order valence-corrected chi connectivity index (χ2v) is 9.76. The van der Waals surface area contributed by atoms with Gasteiger partial charge in [0.2, 0.25) is 0 Å². The largest absolute Gasteiger partial charge is 0.484 e. The Bertz CT molecular complexity index is 1260. The standard InChI is InChI=1S/C25H19BrN2O3S2/c1-16-12-18(10-11-21(16)26)27-23(29)15-31-20-9-5-6-17(13-20)14-22-24(30)28(25(32)33-22)19-7-3-2-4-8-19/h2-14H,15H2,1H3,(H,27,29)/b22-14-. The molecule has 1 aliphatic rings. The van der Waals surface area contributed by atoms with Gasteiger partial charge in [-0.05, 0) is 66.6 Å². The number of thiocarbonyl (C=S) groups is 1. The van der Waals surface area contributed by atoms with Gasteiger partial charge in [-0.1, -0.05) is 70.2 Å². The van der Waals surface area contributed by atoms with Gasteiger partial charge in [0.05, 0.1) is 10.6 Å². The summed E-state index contributed by atoms with van der Waals surface area (Å²) in [7, 11) is 0. The van der Waals surface area contributed by atoms with Crippen molar-refractivity contribution in [2.45, 2.75) is 6.92 Å². The fourth-order valence-electron chi connectivity index (χ4n) is 3.18. The molecule has 0 bridgehead atoms. The van der Waals surface area contributed by atoms with Crippen LogP contribution < -0.4 is 15.0 Å². The smallest absolute Gasteiger partial charge is 0.270 e. The number of hydrogen-bond donors (Lipinski definition) is 1. The van der Waals surface area contributed by atoms with Crippen LogP contribution in [0, 0.1) is 6.92 Å². The van der Waals surface area contributed by atoms with E-state index in [0.717, 1.165) is 21.3 Å². The van der Waals surface area contributed by atoms with E-state index in [1.54, 1.807) is 18.2 Å². The molecule has 1 aliphatic heterocycles. The predicted molar refractivity (Wildman–Crippen MR) is 142 cm³/mol. The highest BCUT2D eigenvalue weighted by Crippen LogP contribution is 2.36. The molecule has 1 heterocycles. The second-order valence-electron chi connectivity index (χ2n) is 7.23. The molecule has 1 saturated heterocycles. The average Bonchev–Trinajstić information content (AvgIpc) is 3.08. The van der Waals surface area contributed by atoms with Gasteiger partial charge in [0, 0.05) is 10.2 Å². The zero-order valence-electron chi connectivity index (χ0n) is 17.6. The first kappa shape index (κ1) is 23.2. The zero-order chi connectivity index (χ0) is 23.4. The van der Waals surface area contributed by atoms with E-state index in [1.165, 1.54) is 16.7 Å². The van der Waals surface area contributed by atoms with E-state index in [1.807, 2.05) is 67.6 Å². The minimum Gasteiger partial charge on any atom is -0.484 e. The van der Waals surface area contributed by atoms with Crippen molar-refractivity contribution in [3.8, 4) is 5.75 Å². The summed E-state index contributed by atoms with van der Waals surface area (Å²) >= 11 is 10.1. The summed E-state index contributed by atoms with van der Waals surface area (Å²) in [5, 5.41) is 2.82. The molecule has 1 N–H and O–H groups in total. The summed E-state index contributed by atoms with van der Waals surface area (Å²) < 4.78 is 7.13. The monoisotopic (exact) mass is 538 g/mol. The number of halogens is 1. The van der Waals surface area contributed by atoms with Gasteiger partial charge >= 0.3 is 0 Å². The Hall–Kier alpha value is -2.94. The van der Waals surface area contributed by atoms with E-state index in [-0.39, 0.29) is 18.4 Å². The van der Waals surface area contributed by atoms with Gasteiger partial charge in [-0.2, -0.15) is 0 Å². The highest BCUT2D eigenvalue weighted by Gasteiger charge is 2.33. The van der Waals surface area contributed by atoms with E-state index in [2.05, 4.69) is 21.2 Å². The number of carbonyl (C=O) groups excluding carboxylic acids is 2. The number of nitrogens with zero attached hydrogens (tertiary/aromatic N) is 1. The number of amides is 2. The van der Waals surface area contributed by atoms with Crippen LogP contribution in [0.1, 0.15) is 11.1 Å². The molecule has 0 radical (unpaired) electrons. The highest BCUT2D eigenvalue weighted by molar-refractivity contribution is 9.10. The Morgan fingerprint density at radius 3 is 2.67 bits per heavy atom. The quantitative estimate of drug-likeness (QED) is 0.300. The third kappa shape index (κ3) is 5.71. The summed E-state index contributed by atoms with van der Waals surface area (Å²) in [5.74, 6) is 0.113. The molecule has 1 fully saturated rings. The number of ether oxygens (including phenoxy) is 1. The first-order valence-electron chi connectivity index (χ1n) is 10.0. The van der Waals surface area contributed by atoms with Gasteiger partial charge < -0.3 is 10.1 Å². The maximum atomic E-state index is 12.9. The Labute approximate surface area is 210 Å². The number of anilines is 2. The molecule has 0 saturated carbocycles. The summed E-state index contributed by atoms with van der Waals surface area (Å²) in [6.45, 7) is 1.82. The third-order valence-electron chi connectivity index (χ3n) is 4.78. The van der Waals surface area contributed by atoms with Crippen molar-refractivity contribution >= 4 is 73.5 Å². The van der Waals surface area contributed by atoms with Crippen molar-refractivity contribution in [1.82, 2.24) is 0 Å². The molecule has 0 aliphatic carbocycles. The van der Waals surface area contributed by atoms with Crippen molar-refractivity contribution in [3.63, 3.8) is 0 Å². The maximum Gasteiger partial charge on any atom is 0.270 e. The van der Waals surface area contributed by atoms with E-state index in [9.17, 15) is 9.59 Å². The summed E-state index contributed by atoms with van der Waals surface area (Å²) in [6.07, 6.45) is 1.78. The number of nitrogens with one attached hydrogen (secondary N) is 1. The summed E-state index contributed by atoms with van der Waals surface area (Å²) in [5.41, 5.74) is 3.26. The van der Waals surface area contributed by atoms with E-state index in [4.69, 9.17) is 17.0 Å². The first-order chi connectivity index (χ1) is 15.9. The van der Waals surface area contributed by atoms with Crippen molar-refractivity contribution < 1.29 is 14.3 Å². The van der Waals surface area contributed by atoms with Gasteiger partial charge in [0.25, 0.3) is 11.8 Å². The molecule has 0 aromatic heterocycles. The molecule has 33 heavy (non-hydrogen) atoms. The molecule has 3 aromatic rings. The molecule has 0 unspecified atom stereocenters. The molecular weight excluding hydrogens is 520 g/mol. The molecule has 166 valence electrons. The molecule has 5 nitrogen and oxygen atoms in total. The maximum absolute atomic E-state index is 12.9. The number of rotatable bonds is 6. The highest BCUT2D eigenvalue weighted by atomic mass is 79.9. The van der Waals surface area contributed by atoms with Crippen LogP contribution in [0.3, 0.4) is 0 Å². The van der Waals surface area contributed by atoms with Gasteiger partial charge in [0.15, 0.2) is 10.9 Å². The van der Waals surface area contributed by atoms with Gasteiger partial charge in [-0.3, -0.25) is 14.5 Å². The van der Waals surface area contributed by atoms with Crippen LogP contribution in [0.15, 0.2) is 82.2 Å². The number of aryl methyl sites for hydroxylation is 1. The van der Waals surface area contributed by atoms with Gasteiger partial charge in [0.1, 0.15) is 5.75 Å². The number of carbonyl (C=O) groups is 2. The molecule has 0 spiro atoms. The van der Waals surface area contributed by atoms with Crippen molar-refractivity contribution in [2.75, 3.05) is 16.8 Å². The predicted octanol–water partition coefficient (Wildman–Crippen LogP) is 6.18. The van der Waals surface area contributed by atoms with E-state index < -0.39 is 0 Å². The fourth-order valence-corrected chi connectivity index (χ4v) is 4.73. The Kier molecular flexibility index (Phi) is 7.27. The van der Waals surface area contributed by atoms with Gasteiger partial charge in [-0.25, -0.2) is 0 Å². The van der Waals surface area contributed by atoms with Crippen LogP contribution in [0.2, 0.25) is 0 Å². The second kappa shape index (κ2) is 10.3. The van der Waals surface area contributed by atoms with Crippen molar-refractivity contribution in [1.29, 1.82) is 0 Å². The number of thioether (sulfide) groups is 1. The van der Waals surface area contributed by atoms with Gasteiger partial charge in [-0.15, -0.1) is 0 Å². The zero-order valence-corrected chi connectivity index (χ0v) is 20.8. The SMILES string of the molecule is Cc1cc(NC(=O)COc2cccc(/C=C3\SC(=S)N(c4ccccc4)C3=O)c2)ccc1Br. The van der Waals surface area contributed by atoms with Crippen LogP contribution in [-0.4, -0.2) is 22.7 Å². The molecule has 8 heteroatoms. The number of hydrogen-bond acceptors (Lipinski definition) is 5. The lowest BCUT2D eigenvalue weighted by atomic mass is 10.2. The van der Waals surface area contributed by atoms with Crippen molar-refractivity contribution in [2.24, 2.45) is 0 Å². The van der Waals surface area contributed by atoms with Crippen LogP contribution in [0.4, 0.5) is 11.4 Å². The van der Waals surface area contributed by atoms with Crippen LogP contribution in [-0.2, 0) is 9.59 Å². The minimum absolute atomic E-state index is 0.130.